The Morgan fingerprint density at radius 1 is 1.25 bits per heavy atom. The Kier molecular flexibility index (Phi) is 5.25. The maximum atomic E-state index is 14.0. The fourth-order valence-electron chi connectivity index (χ4n) is 3.14. The van der Waals surface area contributed by atoms with E-state index in [1.165, 1.54) is 25.1 Å². The van der Waals surface area contributed by atoms with Crippen molar-refractivity contribution < 1.29 is 9.18 Å². The molecule has 6 heteroatoms. The molecule has 2 N–H and O–H groups in total. The maximum Gasteiger partial charge on any atom is 0.241 e. The van der Waals surface area contributed by atoms with Crippen LogP contribution in [0.1, 0.15) is 32.6 Å². The van der Waals surface area contributed by atoms with Gasteiger partial charge in [0.05, 0.1) is 23.6 Å². The largest absolute Gasteiger partial charge is 0.322 e. The monoisotopic (exact) mass is 330 g/mol. The molecule has 1 aliphatic heterocycles. The first kappa shape index (κ1) is 16.6. The molecule has 1 amide bonds. The highest BCUT2D eigenvalue weighted by Crippen LogP contribution is 2.27. The second kappa shape index (κ2) is 7.57. The summed E-state index contributed by atoms with van der Waals surface area (Å²) in [6, 6.07) is 6.23. The highest BCUT2D eigenvalue weighted by atomic mass is 19.1. The molecular weight excluding hydrogens is 307 g/mol. The van der Waals surface area contributed by atoms with Crippen LogP contribution >= 0.6 is 0 Å². The predicted octanol–water partition coefficient (Wildman–Crippen LogP) is 3.42. The molecule has 3 rings (SSSR count). The van der Waals surface area contributed by atoms with Gasteiger partial charge in [-0.15, -0.1) is 0 Å². The van der Waals surface area contributed by atoms with Crippen LogP contribution in [0, 0.1) is 5.82 Å². The Labute approximate surface area is 141 Å². The normalized spacial score (nSPS) is 17.2. The minimum absolute atomic E-state index is 0.0871. The van der Waals surface area contributed by atoms with Crippen LogP contribution in [-0.4, -0.2) is 40.1 Å². The standard InChI is InChI=1S/C18H23FN4O/c1-13(23-10-6-2-3-7-11-23)18(24)21-16-12-20-22-17(16)14-8-4-5-9-15(14)19/h4-5,8-9,12-13H,2-3,6-7,10-11H2,1H3,(H,20,22)(H,21,24)/t13-/m0/s1. The molecule has 24 heavy (non-hydrogen) atoms. The summed E-state index contributed by atoms with van der Waals surface area (Å²) in [4.78, 5) is 14.8. The zero-order chi connectivity index (χ0) is 16.9. The summed E-state index contributed by atoms with van der Waals surface area (Å²) in [6.45, 7) is 3.81. The number of aromatic amines is 1. The van der Waals surface area contributed by atoms with Crippen LogP contribution in [0.2, 0.25) is 0 Å². The second-order valence-electron chi connectivity index (χ2n) is 6.25. The molecule has 2 aromatic rings. The van der Waals surface area contributed by atoms with Gasteiger partial charge in [0, 0.05) is 5.56 Å². The highest BCUT2D eigenvalue weighted by molar-refractivity contribution is 5.97. The molecule has 128 valence electrons. The van der Waals surface area contributed by atoms with E-state index < -0.39 is 0 Å². The zero-order valence-corrected chi connectivity index (χ0v) is 13.9. The zero-order valence-electron chi connectivity index (χ0n) is 13.9. The van der Waals surface area contributed by atoms with Crippen molar-refractivity contribution in [1.29, 1.82) is 0 Å². The molecular formula is C18H23FN4O. The van der Waals surface area contributed by atoms with Crippen LogP contribution in [0.5, 0.6) is 0 Å². The molecule has 2 heterocycles. The number of nitrogens with one attached hydrogen (secondary N) is 2. The number of rotatable bonds is 4. The number of nitrogens with zero attached hydrogens (tertiary/aromatic N) is 2. The number of likely N-dealkylation sites (tertiary alicyclic amines) is 1. The third-order valence-corrected chi connectivity index (χ3v) is 4.61. The molecule has 1 saturated heterocycles. The Balaban J connectivity index is 1.73. The van der Waals surface area contributed by atoms with E-state index in [2.05, 4.69) is 20.4 Å². The molecule has 5 nitrogen and oxygen atoms in total. The van der Waals surface area contributed by atoms with E-state index in [4.69, 9.17) is 0 Å². The fraction of sp³-hybridized carbons (Fsp3) is 0.444. The van der Waals surface area contributed by atoms with Gasteiger partial charge in [0.15, 0.2) is 0 Å². The van der Waals surface area contributed by atoms with Crippen molar-refractivity contribution in [3.8, 4) is 11.3 Å². The smallest absolute Gasteiger partial charge is 0.241 e. The van der Waals surface area contributed by atoms with Crippen LogP contribution in [0.4, 0.5) is 10.1 Å². The Morgan fingerprint density at radius 3 is 2.67 bits per heavy atom. The van der Waals surface area contributed by atoms with E-state index in [0.717, 1.165) is 25.9 Å². The summed E-state index contributed by atoms with van der Waals surface area (Å²) in [5.41, 5.74) is 1.39. The lowest BCUT2D eigenvalue weighted by molar-refractivity contribution is -0.120. The second-order valence-corrected chi connectivity index (χ2v) is 6.25. The predicted molar refractivity (Wildman–Crippen MR) is 92.1 cm³/mol. The number of H-pyrrole nitrogens is 1. The number of halogens is 1. The minimum atomic E-state index is -0.349. The quantitative estimate of drug-likeness (QED) is 0.903. The van der Waals surface area contributed by atoms with Crippen molar-refractivity contribution in [2.45, 2.75) is 38.6 Å². The summed E-state index contributed by atoms with van der Waals surface area (Å²) < 4.78 is 14.0. The van der Waals surface area contributed by atoms with Crippen LogP contribution in [0.3, 0.4) is 0 Å². The number of carbonyl (C=O) groups is 1. The number of carbonyl (C=O) groups excluding carboxylic acids is 1. The van der Waals surface area contributed by atoms with Gasteiger partial charge in [0.25, 0.3) is 0 Å². The van der Waals surface area contributed by atoms with Crippen LogP contribution < -0.4 is 5.32 Å². The Hall–Kier alpha value is -2.21. The first-order chi connectivity index (χ1) is 11.7. The summed E-state index contributed by atoms with van der Waals surface area (Å²) in [6.07, 6.45) is 6.23. The van der Waals surface area contributed by atoms with Gasteiger partial charge in [-0.1, -0.05) is 25.0 Å². The van der Waals surface area contributed by atoms with Crippen LogP contribution in [-0.2, 0) is 4.79 Å². The topological polar surface area (TPSA) is 61.0 Å². The van der Waals surface area contributed by atoms with Crippen molar-refractivity contribution in [3.63, 3.8) is 0 Å². The van der Waals surface area contributed by atoms with Crippen molar-refractivity contribution in [1.82, 2.24) is 15.1 Å². The molecule has 0 bridgehead atoms. The lowest BCUT2D eigenvalue weighted by Gasteiger charge is -2.26. The van der Waals surface area contributed by atoms with E-state index >= 15 is 0 Å². The van der Waals surface area contributed by atoms with E-state index in [1.54, 1.807) is 18.2 Å². The number of hydrogen-bond donors (Lipinski definition) is 2. The minimum Gasteiger partial charge on any atom is -0.322 e. The molecule has 0 unspecified atom stereocenters. The van der Waals surface area contributed by atoms with E-state index in [1.807, 2.05) is 6.92 Å². The molecule has 1 atom stereocenters. The molecule has 1 aliphatic rings. The summed E-state index contributed by atoms with van der Waals surface area (Å²) in [7, 11) is 0. The third kappa shape index (κ3) is 3.64. The van der Waals surface area contributed by atoms with Gasteiger partial charge < -0.3 is 5.32 Å². The first-order valence-electron chi connectivity index (χ1n) is 8.50. The molecule has 1 fully saturated rings. The number of benzene rings is 1. The van der Waals surface area contributed by atoms with Crippen molar-refractivity contribution in [3.05, 3.63) is 36.3 Å². The number of amides is 1. The third-order valence-electron chi connectivity index (χ3n) is 4.61. The van der Waals surface area contributed by atoms with E-state index in [-0.39, 0.29) is 17.8 Å². The van der Waals surface area contributed by atoms with E-state index in [9.17, 15) is 9.18 Å². The average Bonchev–Trinajstić information content (AvgIpc) is 2.86. The molecule has 1 aromatic heterocycles. The van der Waals surface area contributed by atoms with Crippen molar-refractivity contribution in [2.75, 3.05) is 18.4 Å². The molecule has 0 radical (unpaired) electrons. The number of hydrogen-bond acceptors (Lipinski definition) is 3. The van der Waals surface area contributed by atoms with Gasteiger partial charge in [0.2, 0.25) is 5.91 Å². The van der Waals surface area contributed by atoms with Crippen molar-refractivity contribution in [2.24, 2.45) is 0 Å². The number of aromatic nitrogens is 2. The summed E-state index contributed by atoms with van der Waals surface area (Å²) in [5, 5.41) is 9.63. The Morgan fingerprint density at radius 2 is 1.96 bits per heavy atom. The SMILES string of the molecule is C[C@@H](C(=O)Nc1cn[nH]c1-c1ccccc1F)N1CCCCCC1. The lowest BCUT2D eigenvalue weighted by atomic mass is 10.1. The summed E-state index contributed by atoms with van der Waals surface area (Å²) >= 11 is 0. The van der Waals surface area contributed by atoms with Crippen LogP contribution in [0.25, 0.3) is 11.3 Å². The van der Waals surface area contributed by atoms with Crippen LogP contribution in [0.15, 0.2) is 30.5 Å². The Bertz CT molecular complexity index is 692. The maximum absolute atomic E-state index is 14.0. The van der Waals surface area contributed by atoms with Gasteiger partial charge in [-0.3, -0.25) is 14.8 Å². The molecule has 1 aromatic carbocycles. The summed E-state index contributed by atoms with van der Waals surface area (Å²) in [5.74, 6) is -0.436. The first-order valence-corrected chi connectivity index (χ1v) is 8.50. The average molecular weight is 330 g/mol. The lowest BCUT2D eigenvalue weighted by Crippen LogP contribution is -2.42. The molecule has 0 aliphatic carbocycles. The highest BCUT2D eigenvalue weighted by Gasteiger charge is 2.23. The fourth-order valence-corrected chi connectivity index (χ4v) is 3.14. The van der Waals surface area contributed by atoms with Gasteiger partial charge in [-0.2, -0.15) is 5.10 Å². The molecule has 0 saturated carbocycles. The van der Waals surface area contributed by atoms with Gasteiger partial charge in [0.1, 0.15) is 5.82 Å². The van der Waals surface area contributed by atoms with Gasteiger partial charge >= 0.3 is 0 Å². The van der Waals surface area contributed by atoms with E-state index in [0.29, 0.717) is 16.9 Å². The number of anilines is 1. The van der Waals surface area contributed by atoms with Gasteiger partial charge in [-0.25, -0.2) is 4.39 Å². The molecule has 0 spiro atoms. The van der Waals surface area contributed by atoms with Crippen molar-refractivity contribution >= 4 is 11.6 Å². The van der Waals surface area contributed by atoms with Gasteiger partial charge in [-0.05, 0) is 45.0 Å².